The minimum atomic E-state index is -0.247. The number of aryl methyl sites for hydroxylation is 1. The van der Waals surface area contributed by atoms with Crippen molar-refractivity contribution in [2.45, 2.75) is 27.2 Å². The Hall–Kier alpha value is -1.75. The first kappa shape index (κ1) is 13.2. The Kier molecular flexibility index (Phi) is 3.30. The van der Waals surface area contributed by atoms with Crippen molar-refractivity contribution in [1.29, 1.82) is 0 Å². The summed E-state index contributed by atoms with van der Waals surface area (Å²) in [5.41, 5.74) is 2.10. The molecule has 2 aromatic heterocycles. The molecule has 0 aliphatic carbocycles. The fourth-order valence-electron chi connectivity index (χ4n) is 2.23. The lowest BCUT2D eigenvalue weighted by Gasteiger charge is -2.01. The molecule has 0 radical (unpaired) electrons. The molecule has 3 rings (SSSR count). The molecule has 0 bridgehead atoms. The van der Waals surface area contributed by atoms with Crippen LogP contribution in [-0.2, 0) is 6.42 Å². The molecule has 0 saturated heterocycles. The van der Waals surface area contributed by atoms with Gasteiger partial charge in [0, 0.05) is 12.0 Å². The van der Waals surface area contributed by atoms with E-state index in [1.54, 1.807) is 23.5 Å². The topological polar surface area (TPSA) is 30.2 Å². The third kappa shape index (κ3) is 2.22. The third-order valence-electron chi connectivity index (χ3n) is 3.18. The van der Waals surface area contributed by atoms with Crippen LogP contribution in [0.4, 0.5) is 4.39 Å². The van der Waals surface area contributed by atoms with Crippen LogP contribution in [0.3, 0.4) is 0 Å². The molecule has 0 aliphatic rings. The zero-order valence-corrected chi connectivity index (χ0v) is 12.5. The van der Waals surface area contributed by atoms with Crippen LogP contribution < -0.4 is 0 Å². The third-order valence-corrected chi connectivity index (χ3v) is 4.11. The zero-order chi connectivity index (χ0) is 14.3. The first-order valence-electron chi connectivity index (χ1n) is 6.66. The van der Waals surface area contributed by atoms with Crippen molar-refractivity contribution in [3.63, 3.8) is 0 Å². The first-order chi connectivity index (χ1) is 9.56. The fraction of sp³-hybridized carbons (Fsp3) is 0.333. The van der Waals surface area contributed by atoms with E-state index in [9.17, 15) is 4.39 Å². The molecule has 2 heterocycles. The van der Waals surface area contributed by atoms with E-state index < -0.39 is 0 Å². The lowest BCUT2D eigenvalue weighted by molar-refractivity contribution is 0.630. The van der Waals surface area contributed by atoms with Gasteiger partial charge in [-0.25, -0.2) is 13.9 Å². The summed E-state index contributed by atoms with van der Waals surface area (Å²) < 4.78 is 15.7. The maximum Gasteiger partial charge on any atom is 0.212 e. The van der Waals surface area contributed by atoms with Crippen LogP contribution in [0.25, 0.3) is 16.2 Å². The predicted molar refractivity (Wildman–Crippen MR) is 79.5 cm³/mol. The Balaban J connectivity index is 2.09. The average Bonchev–Trinajstić information content (AvgIpc) is 2.89. The summed E-state index contributed by atoms with van der Waals surface area (Å²) in [7, 11) is 0. The lowest BCUT2D eigenvalue weighted by atomic mass is 10.1. The second kappa shape index (κ2) is 4.98. The van der Waals surface area contributed by atoms with Crippen LogP contribution in [0.15, 0.2) is 24.3 Å². The normalized spacial score (nSPS) is 11.7. The summed E-state index contributed by atoms with van der Waals surface area (Å²) in [6, 6.07) is 6.72. The molecule has 3 aromatic rings. The van der Waals surface area contributed by atoms with E-state index in [1.165, 1.54) is 6.07 Å². The SMILES string of the molecule is Cc1c(-c2ccccc2F)nc2sc(CC(C)C)nn12. The number of nitrogens with zero attached hydrogens (tertiary/aromatic N) is 3. The Morgan fingerprint density at radius 2 is 2.05 bits per heavy atom. The highest BCUT2D eigenvalue weighted by Crippen LogP contribution is 2.28. The van der Waals surface area contributed by atoms with Crippen molar-refractivity contribution in [3.05, 3.63) is 40.8 Å². The first-order valence-corrected chi connectivity index (χ1v) is 7.48. The fourth-order valence-corrected chi connectivity index (χ4v) is 3.38. The predicted octanol–water partition coefficient (Wildman–Crippen LogP) is 4.10. The molecule has 0 spiro atoms. The van der Waals surface area contributed by atoms with Gasteiger partial charge in [0.1, 0.15) is 10.8 Å². The van der Waals surface area contributed by atoms with Gasteiger partial charge in [0.2, 0.25) is 4.96 Å². The summed E-state index contributed by atoms with van der Waals surface area (Å²) in [6.07, 6.45) is 0.947. The zero-order valence-electron chi connectivity index (χ0n) is 11.7. The molecule has 3 nitrogen and oxygen atoms in total. The van der Waals surface area contributed by atoms with Crippen LogP contribution in [0.5, 0.6) is 0 Å². The van der Waals surface area contributed by atoms with E-state index in [1.807, 2.05) is 17.5 Å². The summed E-state index contributed by atoms with van der Waals surface area (Å²) in [4.78, 5) is 5.38. The molecule has 0 fully saturated rings. The molecule has 0 unspecified atom stereocenters. The number of hydrogen-bond donors (Lipinski definition) is 0. The molecule has 20 heavy (non-hydrogen) atoms. The minimum Gasteiger partial charge on any atom is -0.217 e. The number of halogens is 1. The van der Waals surface area contributed by atoms with Gasteiger partial charge in [0.25, 0.3) is 0 Å². The van der Waals surface area contributed by atoms with Crippen LogP contribution in [0.1, 0.15) is 24.5 Å². The summed E-state index contributed by atoms with van der Waals surface area (Å²) in [6.45, 7) is 6.27. The van der Waals surface area contributed by atoms with Gasteiger partial charge in [-0.15, -0.1) is 0 Å². The van der Waals surface area contributed by atoms with Gasteiger partial charge < -0.3 is 0 Å². The standard InChI is InChI=1S/C15H16FN3S/c1-9(2)8-13-18-19-10(3)14(17-15(19)20-13)11-6-4-5-7-12(11)16/h4-7,9H,8H2,1-3H3. The number of fused-ring (bicyclic) bond motifs is 1. The van der Waals surface area contributed by atoms with Crippen molar-refractivity contribution in [2.24, 2.45) is 5.92 Å². The van der Waals surface area contributed by atoms with E-state index in [2.05, 4.69) is 23.9 Å². The quantitative estimate of drug-likeness (QED) is 0.726. The Morgan fingerprint density at radius 1 is 1.30 bits per heavy atom. The maximum absolute atomic E-state index is 13.9. The van der Waals surface area contributed by atoms with E-state index in [0.29, 0.717) is 17.2 Å². The van der Waals surface area contributed by atoms with Gasteiger partial charge in [-0.1, -0.05) is 37.3 Å². The molecular weight excluding hydrogens is 273 g/mol. The molecule has 1 aromatic carbocycles. The molecule has 0 amide bonds. The smallest absolute Gasteiger partial charge is 0.212 e. The highest BCUT2D eigenvalue weighted by Gasteiger charge is 2.17. The molecule has 0 atom stereocenters. The molecule has 0 N–H and O–H groups in total. The number of benzene rings is 1. The second-order valence-corrected chi connectivity index (χ2v) is 6.35. The number of aromatic nitrogens is 3. The summed E-state index contributed by atoms with van der Waals surface area (Å²) in [5, 5.41) is 5.65. The molecule has 104 valence electrons. The molecule has 5 heteroatoms. The van der Waals surface area contributed by atoms with Crippen LogP contribution in [0.2, 0.25) is 0 Å². The number of imidazole rings is 1. The Morgan fingerprint density at radius 3 is 2.70 bits per heavy atom. The van der Waals surface area contributed by atoms with Gasteiger partial charge >= 0.3 is 0 Å². The van der Waals surface area contributed by atoms with Crippen molar-refractivity contribution in [2.75, 3.05) is 0 Å². The van der Waals surface area contributed by atoms with E-state index in [-0.39, 0.29) is 5.82 Å². The highest BCUT2D eigenvalue weighted by atomic mass is 32.1. The number of rotatable bonds is 3. The van der Waals surface area contributed by atoms with E-state index >= 15 is 0 Å². The van der Waals surface area contributed by atoms with Crippen LogP contribution in [0, 0.1) is 18.7 Å². The summed E-state index contributed by atoms with van der Waals surface area (Å²) in [5.74, 6) is 0.320. The van der Waals surface area contributed by atoms with Crippen molar-refractivity contribution in [3.8, 4) is 11.3 Å². The monoisotopic (exact) mass is 289 g/mol. The van der Waals surface area contributed by atoms with Crippen LogP contribution in [-0.4, -0.2) is 14.6 Å². The van der Waals surface area contributed by atoms with Crippen molar-refractivity contribution < 1.29 is 4.39 Å². The van der Waals surface area contributed by atoms with Crippen molar-refractivity contribution in [1.82, 2.24) is 14.6 Å². The summed E-state index contributed by atoms with van der Waals surface area (Å²) >= 11 is 1.58. The van der Waals surface area contributed by atoms with Gasteiger partial charge in [-0.2, -0.15) is 5.10 Å². The Labute approximate surface area is 121 Å². The maximum atomic E-state index is 13.9. The van der Waals surface area contributed by atoms with Gasteiger partial charge in [-0.3, -0.25) is 0 Å². The van der Waals surface area contributed by atoms with Crippen LogP contribution >= 0.6 is 11.3 Å². The Bertz CT molecular complexity index is 758. The average molecular weight is 289 g/mol. The van der Waals surface area contributed by atoms with E-state index in [0.717, 1.165) is 22.1 Å². The number of hydrogen-bond acceptors (Lipinski definition) is 3. The molecule has 0 saturated carbocycles. The van der Waals surface area contributed by atoms with Gasteiger partial charge in [0.05, 0.1) is 11.4 Å². The van der Waals surface area contributed by atoms with Crippen molar-refractivity contribution >= 4 is 16.3 Å². The lowest BCUT2D eigenvalue weighted by Crippen LogP contribution is -1.96. The van der Waals surface area contributed by atoms with Gasteiger partial charge in [-0.05, 0) is 25.0 Å². The molecular formula is C15H16FN3S. The van der Waals surface area contributed by atoms with E-state index in [4.69, 9.17) is 0 Å². The second-order valence-electron chi connectivity index (χ2n) is 5.31. The highest BCUT2D eigenvalue weighted by molar-refractivity contribution is 7.16. The van der Waals surface area contributed by atoms with Gasteiger partial charge in [0.15, 0.2) is 0 Å². The molecule has 0 aliphatic heterocycles. The minimum absolute atomic E-state index is 0.247. The largest absolute Gasteiger partial charge is 0.217 e.